The average molecular weight is 198 g/mol. The van der Waals surface area contributed by atoms with Crippen LogP contribution in [0.1, 0.15) is 0 Å². The normalized spacial score (nSPS) is 23.1. The fraction of sp³-hybridized carbons (Fsp3) is 1.00. The Bertz CT molecular complexity index is 156. The van der Waals surface area contributed by atoms with Crippen molar-refractivity contribution in [2.24, 2.45) is 0 Å². The van der Waals surface area contributed by atoms with E-state index < -0.39 is 12.3 Å². The number of halogens is 3. The third-order valence-corrected chi connectivity index (χ3v) is 2.02. The van der Waals surface area contributed by atoms with Gasteiger partial charge in [-0.3, -0.25) is 4.90 Å². The number of aliphatic hydroxyl groups is 1. The molecule has 78 valence electrons. The number of hydrogen-bond acceptors (Lipinski definition) is 3. The number of alkyl halides is 3. The summed E-state index contributed by atoms with van der Waals surface area (Å²) in [4.78, 5) is 1.61. The number of nitrogens with one attached hydrogen (secondary N) is 1. The monoisotopic (exact) mass is 198 g/mol. The maximum atomic E-state index is 11.9. The summed E-state index contributed by atoms with van der Waals surface area (Å²) in [6.07, 6.45) is -6.71. The molecule has 3 nitrogen and oxygen atoms in total. The summed E-state index contributed by atoms with van der Waals surface area (Å²) in [5, 5.41) is 11.8. The molecule has 1 rings (SSSR count). The van der Waals surface area contributed by atoms with E-state index in [0.29, 0.717) is 26.2 Å². The molecule has 1 atom stereocenters. The minimum absolute atomic E-state index is 0.314. The molecule has 2 N–H and O–H groups in total. The smallest absolute Gasteiger partial charge is 0.382 e. The van der Waals surface area contributed by atoms with Gasteiger partial charge in [0.05, 0.1) is 0 Å². The Morgan fingerprint density at radius 1 is 1.31 bits per heavy atom. The van der Waals surface area contributed by atoms with Crippen molar-refractivity contribution >= 4 is 0 Å². The van der Waals surface area contributed by atoms with Crippen molar-refractivity contribution < 1.29 is 18.3 Å². The standard InChI is InChI=1S/C7H13F3N2O/c8-7(9,10)6(13)5-12-3-1-11-2-4-12/h6,11,13H,1-5H2/t6-/m0/s1. The highest BCUT2D eigenvalue weighted by atomic mass is 19.4. The highest BCUT2D eigenvalue weighted by Crippen LogP contribution is 2.20. The number of nitrogens with zero attached hydrogens (tertiary/aromatic N) is 1. The second-order valence-corrected chi connectivity index (χ2v) is 3.11. The molecule has 0 aromatic rings. The van der Waals surface area contributed by atoms with Gasteiger partial charge in [-0.2, -0.15) is 13.2 Å². The maximum absolute atomic E-state index is 11.9. The van der Waals surface area contributed by atoms with Crippen LogP contribution in [0.25, 0.3) is 0 Å². The second kappa shape index (κ2) is 4.26. The highest BCUT2D eigenvalue weighted by molar-refractivity contribution is 4.74. The lowest BCUT2D eigenvalue weighted by Gasteiger charge is -2.29. The van der Waals surface area contributed by atoms with Crippen LogP contribution >= 0.6 is 0 Å². The first kappa shape index (κ1) is 10.7. The summed E-state index contributed by atoms with van der Waals surface area (Å²) in [6, 6.07) is 0. The van der Waals surface area contributed by atoms with Crippen LogP contribution in [-0.4, -0.2) is 55.0 Å². The van der Waals surface area contributed by atoms with Crippen LogP contribution in [0.5, 0.6) is 0 Å². The lowest BCUT2D eigenvalue weighted by Crippen LogP contribution is -2.49. The summed E-state index contributed by atoms with van der Waals surface area (Å²) in [5.74, 6) is 0. The van der Waals surface area contributed by atoms with Gasteiger partial charge in [-0.1, -0.05) is 0 Å². The SMILES string of the molecule is O[C@@H](CN1CCNCC1)C(F)(F)F. The van der Waals surface area contributed by atoms with Gasteiger partial charge in [0.15, 0.2) is 6.10 Å². The van der Waals surface area contributed by atoms with E-state index in [1.807, 2.05) is 0 Å². The first-order chi connectivity index (χ1) is 6.00. The zero-order valence-electron chi connectivity index (χ0n) is 7.14. The third-order valence-electron chi connectivity index (χ3n) is 2.02. The van der Waals surface area contributed by atoms with Gasteiger partial charge in [-0.25, -0.2) is 0 Å². The zero-order chi connectivity index (χ0) is 9.90. The predicted molar refractivity (Wildman–Crippen MR) is 41.4 cm³/mol. The molecular weight excluding hydrogens is 185 g/mol. The molecule has 1 aliphatic rings. The van der Waals surface area contributed by atoms with E-state index in [9.17, 15) is 13.2 Å². The van der Waals surface area contributed by atoms with Crippen molar-refractivity contribution in [2.45, 2.75) is 12.3 Å². The second-order valence-electron chi connectivity index (χ2n) is 3.11. The quantitative estimate of drug-likeness (QED) is 0.646. The van der Waals surface area contributed by atoms with Crippen LogP contribution in [0.3, 0.4) is 0 Å². The van der Waals surface area contributed by atoms with E-state index in [1.165, 1.54) is 0 Å². The van der Waals surface area contributed by atoms with Crippen molar-refractivity contribution in [3.8, 4) is 0 Å². The van der Waals surface area contributed by atoms with Gasteiger partial charge in [0.25, 0.3) is 0 Å². The minimum atomic E-state index is -4.50. The third kappa shape index (κ3) is 3.50. The number of rotatable bonds is 2. The average Bonchev–Trinajstić information content (AvgIpc) is 2.04. The first-order valence-corrected chi connectivity index (χ1v) is 4.18. The van der Waals surface area contributed by atoms with Crippen molar-refractivity contribution in [1.82, 2.24) is 10.2 Å². The molecule has 0 aromatic carbocycles. The molecule has 0 unspecified atom stereocenters. The lowest BCUT2D eigenvalue weighted by molar-refractivity contribution is -0.208. The molecule has 0 aromatic heterocycles. The van der Waals surface area contributed by atoms with Crippen molar-refractivity contribution in [3.05, 3.63) is 0 Å². The van der Waals surface area contributed by atoms with Crippen LogP contribution in [0.15, 0.2) is 0 Å². The molecule has 0 spiro atoms. The molecule has 0 radical (unpaired) electrons. The lowest BCUT2D eigenvalue weighted by atomic mass is 10.3. The van der Waals surface area contributed by atoms with Crippen LogP contribution < -0.4 is 5.32 Å². The van der Waals surface area contributed by atoms with Gasteiger partial charge < -0.3 is 10.4 Å². The molecule has 1 aliphatic heterocycles. The molecule has 1 saturated heterocycles. The zero-order valence-corrected chi connectivity index (χ0v) is 7.14. The van der Waals surface area contributed by atoms with Crippen molar-refractivity contribution in [3.63, 3.8) is 0 Å². The molecule has 1 heterocycles. The molecule has 1 fully saturated rings. The molecule has 0 saturated carbocycles. The first-order valence-electron chi connectivity index (χ1n) is 4.18. The Kier molecular flexibility index (Phi) is 3.52. The van der Waals surface area contributed by atoms with E-state index in [4.69, 9.17) is 5.11 Å². The van der Waals surface area contributed by atoms with Crippen LogP contribution in [0.2, 0.25) is 0 Å². The molecule has 6 heteroatoms. The molecular formula is C7H13F3N2O. The number of β-amino-alcohol motifs (C(OH)–C–C–N with tert-alkyl or cyclic N) is 1. The van der Waals surface area contributed by atoms with Crippen LogP contribution in [-0.2, 0) is 0 Å². The van der Waals surface area contributed by atoms with E-state index in [2.05, 4.69) is 5.32 Å². The Labute approximate surface area is 74.5 Å². The van der Waals surface area contributed by atoms with Crippen LogP contribution in [0.4, 0.5) is 13.2 Å². The van der Waals surface area contributed by atoms with Crippen molar-refractivity contribution in [1.29, 1.82) is 0 Å². The minimum Gasteiger partial charge on any atom is -0.382 e. The predicted octanol–water partition coefficient (Wildman–Crippen LogP) is -0.185. The Morgan fingerprint density at radius 2 is 1.85 bits per heavy atom. The van der Waals surface area contributed by atoms with E-state index in [-0.39, 0.29) is 6.54 Å². The van der Waals surface area contributed by atoms with Gasteiger partial charge in [-0.05, 0) is 0 Å². The van der Waals surface area contributed by atoms with E-state index in [1.54, 1.807) is 4.90 Å². The summed E-state index contributed by atoms with van der Waals surface area (Å²) in [5.41, 5.74) is 0. The molecule has 0 amide bonds. The molecule has 13 heavy (non-hydrogen) atoms. The molecule has 0 bridgehead atoms. The van der Waals surface area contributed by atoms with E-state index in [0.717, 1.165) is 0 Å². The molecule has 0 aliphatic carbocycles. The van der Waals surface area contributed by atoms with Gasteiger partial charge in [0.2, 0.25) is 0 Å². The van der Waals surface area contributed by atoms with Crippen molar-refractivity contribution in [2.75, 3.05) is 32.7 Å². The summed E-state index contributed by atoms with van der Waals surface area (Å²) >= 11 is 0. The number of piperazine rings is 1. The van der Waals surface area contributed by atoms with E-state index >= 15 is 0 Å². The Morgan fingerprint density at radius 3 is 2.31 bits per heavy atom. The summed E-state index contributed by atoms with van der Waals surface area (Å²) in [6.45, 7) is 2.18. The fourth-order valence-corrected chi connectivity index (χ4v) is 1.24. The summed E-state index contributed by atoms with van der Waals surface area (Å²) in [7, 11) is 0. The van der Waals surface area contributed by atoms with Gasteiger partial charge in [0, 0.05) is 32.7 Å². The van der Waals surface area contributed by atoms with Gasteiger partial charge >= 0.3 is 6.18 Å². The number of hydrogen-bond donors (Lipinski definition) is 2. The van der Waals surface area contributed by atoms with Gasteiger partial charge in [0.1, 0.15) is 0 Å². The topological polar surface area (TPSA) is 35.5 Å². The van der Waals surface area contributed by atoms with Gasteiger partial charge in [-0.15, -0.1) is 0 Å². The maximum Gasteiger partial charge on any atom is 0.415 e. The largest absolute Gasteiger partial charge is 0.415 e. The fourth-order valence-electron chi connectivity index (χ4n) is 1.24. The van der Waals surface area contributed by atoms with Crippen LogP contribution in [0, 0.1) is 0 Å². The highest BCUT2D eigenvalue weighted by Gasteiger charge is 2.39. The summed E-state index contributed by atoms with van der Waals surface area (Å²) < 4.78 is 35.7. The number of aliphatic hydroxyl groups excluding tert-OH is 1. The Balaban J connectivity index is 2.30. The Hall–Kier alpha value is -0.330.